The van der Waals surface area contributed by atoms with E-state index in [1.54, 1.807) is 12.1 Å². The first-order valence-corrected chi connectivity index (χ1v) is 10.5. The molecular weight excluding hydrogens is 414 g/mol. The third-order valence-corrected chi connectivity index (χ3v) is 6.30. The minimum atomic E-state index is -0.530. The number of carbonyl (C=O) groups is 2. The van der Waals surface area contributed by atoms with Gasteiger partial charge in [-0.15, -0.1) is 11.3 Å². The summed E-state index contributed by atoms with van der Waals surface area (Å²) in [7, 11) is 0. The molecule has 1 fully saturated rings. The number of hydrogen-bond donors (Lipinski definition) is 1. The van der Waals surface area contributed by atoms with Crippen LogP contribution in [0.1, 0.15) is 53.4 Å². The second-order valence-corrected chi connectivity index (χ2v) is 8.48. The zero-order chi connectivity index (χ0) is 18.5. The molecule has 0 saturated carbocycles. The quantitative estimate of drug-likeness (QED) is 0.646. The van der Waals surface area contributed by atoms with Gasteiger partial charge in [-0.3, -0.25) is 9.59 Å². The van der Waals surface area contributed by atoms with Gasteiger partial charge in [0.2, 0.25) is 5.91 Å². The summed E-state index contributed by atoms with van der Waals surface area (Å²) in [6, 6.07) is 11.1. The zero-order valence-electron chi connectivity index (χ0n) is 14.4. The highest BCUT2D eigenvalue weighted by Crippen LogP contribution is 2.30. The van der Waals surface area contributed by atoms with Gasteiger partial charge in [-0.2, -0.15) is 0 Å². The Morgan fingerprint density at radius 3 is 2.69 bits per heavy atom. The maximum atomic E-state index is 12.6. The molecule has 2 heterocycles. The summed E-state index contributed by atoms with van der Waals surface area (Å²) in [5, 5.41) is 12.3. The average Bonchev–Trinajstić information content (AvgIpc) is 3.31. The molecule has 1 amide bonds. The molecule has 4 nitrogen and oxygen atoms in total. The number of nitrogens with zero attached hydrogens (tertiary/aromatic N) is 1. The number of ketones is 1. The Morgan fingerprint density at radius 1 is 1.23 bits per heavy atom. The molecule has 2 aromatic rings. The Balaban J connectivity index is 1.53. The fraction of sp³-hybridized carbons (Fsp3) is 0.400. The number of amides is 1. The molecule has 1 aliphatic rings. The molecule has 1 aromatic carbocycles. The third-order valence-electron chi connectivity index (χ3n) is 4.80. The van der Waals surface area contributed by atoms with Gasteiger partial charge in [-0.1, -0.05) is 34.1 Å². The van der Waals surface area contributed by atoms with Gasteiger partial charge < -0.3 is 10.0 Å². The Hall–Kier alpha value is -1.50. The topological polar surface area (TPSA) is 57.6 Å². The van der Waals surface area contributed by atoms with E-state index in [1.807, 2.05) is 34.5 Å². The van der Waals surface area contributed by atoms with E-state index in [0.29, 0.717) is 18.5 Å². The van der Waals surface area contributed by atoms with Crippen molar-refractivity contribution < 1.29 is 14.7 Å². The molecule has 1 aliphatic heterocycles. The summed E-state index contributed by atoms with van der Waals surface area (Å²) >= 11 is 4.89. The molecular formula is C20H22BrNO3S. The van der Waals surface area contributed by atoms with Crippen LogP contribution >= 0.6 is 27.3 Å². The molecule has 0 bridgehead atoms. The minimum Gasteiger partial charge on any atom is -0.387 e. The monoisotopic (exact) mass is 435 g/mol. The van der Waals surface area contributed by atoms with Crippen LogP contribution in [0.5, 0.6) is 0 Å². The molecule has 1 aromatic heterocycles. The zero-order valence-corrected chi connectivity index (χ0v) is 16.8. The summed E-state index contributed by atoms with van der Waals surface area (Å²) < 4.78 is 0.925. The van der Waals surface area contributed by atoms with Crippen molar-refractivity contribution >= 4 is 39.0 Å². The van der Waals surface area contributed by atoms with Crippen LogP contribution in [0.3, 0.4) is 0 Å². The van der Waals surface area contributed by atoms with Crippen molar-refractivity contribution in [2.24, 2.45) is 0 Å². The molecule has 26 heavy (non-hydrogen) atoms. The highest BCUT2D eigenvalue weighted by atomic mass is 79.9. The Labute approximate surface area is 166 Å². The van der Waals surface area contributed by atoms with E-state index < -0.39 is 6.10 Å². The number of benzene rings is 1. The van der Waals surface area contributed by atoms with E-state index in [2.05, 4.69) is 15.9 Å². The number of halogens is 1. The van der Waals surface area contributed by atoms with E-state index in [0.717, 1.165) is 22.2 Å². The van der Waals surface area contributed by atoms with Crippen molar-refractivity contribution in [2.45, 2.75) is 44.2 Å². The van der Waals surface area contributed by atoms with Crippen LogP contribution in [0.15, 0.2) is 46.3 Å². The first kappa shape index (κ1) is 19.3. The highest BCUT2D eigenvalue weighted by Gasteiger charge is 2.30. The normalized spacial score (nSPS) is 18.1. The molecule has 138 valence electrons. The Bertz CT molecular complexity index is 745. The Morgan fingerprint density at radius 2 is 2.00 bits per heavy atom. The first-order valence-electron chi connectivity index (χ1n) is 8.84. The lowest BCUT2D eigenvalue weighted by atomic mass is 10.0. The van der Waals surface area contributed by atoms with E-state index in [9.17, 15) is 14.7 Å². The smallest absolute Gasteiger partial charge is 0.223 e. The number of thiophene rings is 1. The summed E-state index contributed by atoms with van der Waals surface area (Å²) in [5.74, 6) is -0.00319. The van der Waals surface area contributed by atoms with Gasteiger partial charge in [-0.25, -0.2) is 0 Å². The lowest BCUT2D eigenvalue weighted by Crippen LogP contribution is -2.36. The van der Waals surface area contributed by atoms with E-state index >= 15 is 0 Å². The van der Waals surface area contributed by atoms with Gasteiger partial charge in [-0.05, 0) is 42.8 Å². The van der Waals surface area contributed by atoms with Crippen LogP contribution in [-0.2, 0) is 4.79 Å². The van der Waals surface area contributed by atoms with Crippen molar-refractivity contribution in [1.82, 2.24) is 4.90 Å². The number of Topliss-reactive ketones (excluding diaryl/α,β-unsaturated/α-hetero) is 1. The molecule has 1 saturated heterocycles. The van der Waals surface area contributed by atoms with Crippen molar-refractivity contribution in [3.8, 4) is 0 Å². The summed E-state index contributed by atoms with van der Waals surface area (Å²) in [6.45, 7) is 0.715. The van der Waals surface area contributed by atoms with Gasteiger partial charge >= 0.3 is 0 Å². The first-order chi connectivity index (χ1) is 12.5. The number of hydrogen-bond acceptors (Lipinski definition) is 4. The molecule has 6 heteroatoms. The van der Waals surface area contributed by atoms with E-state index in [4.69, 9.17) is 0 Å². The van der Waals surface area contributed by atoms with Crippen LogP contribution in [0, 0.1) is 0 Å². The number of aliphatic hydroxyl groups excluding tert-OH is 1. The molecule has 2 atom stereocenters. The SMILES string of the molecule is O=C(CCC(=O)N1CCC[C@H]1C[C@H](O)c1cccs1)c1ccc(Br)cc1. The van der Waals surface area contributed by atoms with Gasteiger partial charge in [0.25, 0.3) is 0 Å². The van der Waals surface area contributed by atoms with Crippen molar-refractivity contribution in [2.75, 3.05) is 6.54 Å². The minimum absolute atomic E-state index is 0.0105. The largest absolute Gasteiger partial charge is 0.387 e. The summed E-state index contributed by atoms with van der Waals surface area (Å²) in [5.41, 5.74) is 0.632. The standard InChI is InChI=1S/C20H22BrNO3S/c21-15-7-5-14(6-8-15)17(23)9-10-20(25)22-11-1-3-16(22)13-18(24)19-4-2-12-26-19/h2,4-8,12,16,18,24H,1,3,9-11,13H2/t16-,18-/m0/s1. The van der Waals surface area contributed by atoms with Gasteiger partial charge in [0, 0.05) is 40.3 Å². The van der Waals surface area contributed by atoms with Gasteiger partial charge in [0.05, 0.1) is 6.10 Å². The molecule has 0 unspecified atom stereocenters. The van der Waals surface area contributed by atoms with Crippen molar-refractivity contribution in [3.63, 3.8) is 0 Å². The number of rotatable bonds is 7. The lowest BCUT2D eigenvalue weighted by Gasteiger charge is -2.26. The maximum absolute atomic E-state index is 12.6. The summed E-state index contributed by atoms with van der Waals surface area (Å²) in [6.07, 6.45) is 2.34. The average molecular weight is 436 g/mol. The molecule has 0 radical (unpaired) electrons. The Kier molecular flexibility index (Phi) is 6.62. The second-order valence-electron chi connectivity index (χ2n) is 6.58. The maximum Gasteiger partial charge on any atom is 0.223 e. The van der Waals surface area contributed by atoms with Crippen LogP contribution in [0.25, 0.3) is 0 Å². The van der Waals surface area contributed by atoms with Gasteiger partial charge in [0.15, 0.2) is 5.78 Å². The third kappa shape index (κ3) is 4.81. The van der Waals surface area contributed by atoms with E-state index in [-0.39, 0.29) is 30.6 Å². The highest BCUT2D eigenvalue weighted by molar-refractivity contribution is 9.10. The predicted octanol–water partition coefficient (Wildman–Crippen LogP) is 4.59. The molecule has 0 aliphatic carbocycles. The molecule has 0 spiro atoms. The van der Waals surface area contributed by atoms with Crippen molar-refractivity contribution in [3.05, 3.63) is 56.7 Å². The second kappa shape index (κ2) is 8.93. The molecule has 3 rings (SSSR count). The number of likely N-dealkylation sites (tertiary alicyclic amines) is 1. The fourth-order valence-electron chi connectivity index (χ4n) is 3.41. The van der Waals surface area contributed by atoms with Crippen LogP contribution < -0.4 is 0 Å². The van der Waals surface area contributed by atoms with Crippen LogP contribution in [0.2, 0.25) is 0 Å². The van der Waals surface area contributed by atoms with Gasteiger partial charge in [0.1, 0.15) is 0 Å². The summed E-state index contributed by atoms with van der Waals surface area (Å²) in [4.78, 5) is 27.7. The van der Waals surface area contributed by atoms with Crippen LogP contribution in [0.4, 0.5) is 0 Å². The number of carbonyl (C=O) groups excluding carboxylic acids is 2. The predicted molar refractivity (Wildman–Crippen MR) is 106 cm³/mol. The van der Waals surface area contributed by atoms with E-state index in [1.165, 1.54) is 11.3 Å². The van der Waals surface area contributed by atoms with Crippen LogP contribution in [-0.4, -0.2) is 34.3 Å². The fourth-order valence-corrected chi connectivity index (χ4v) is 4.40. The molecule has 1 N–H and O–H groups in total. The number of aliphatic hydroxyl groups is 1. The van der Waals surface area contributed by atoms with Crippen molar-refractivity contribution in [1.29, 1.82) is 0 Å². The lowest BCUT2D eigenvalue weighted by molar-refractivity contribution is -0.132.